The van der Waals surface area contributed by atoms with Gasteiger partial charge in [-0.3, -0.25) is 4.79 Å². The average Bonchev–Trinajstić information content (AvgIpc) is 2.44. The highest BCUT2D eigenvalue weighted by Crippen LogP contribution is 2.18. The predicted molar refractivity (Wildman–Crippen MR) is 85.1 cm³/mol. The molecule has 0 atom stereocenters. The number of aromatic nitrogens is 2. The zero-order valence-corrected chi connectivity index (χ0v) is 13.8. The summed E-state index contributed by atoms with van der Waals surface area (Å²) in [6.07, 6.45) is 1.87. The van der Waals surface area contributed by atoms with E-state index in [1.54, 1.807) is 13.8 Å². The Morgan fingerprint density at radius 1 is 1.32 bits per heavy atom. The molecule has 124 valence electrons. The van der Waals surface area contributed by atoms with Gasteiger partial charge in [0, 0.05) is 19.2 Å². The third kappa shape index (κ3) is 5.85. The molecule has 0 radical (unpaired) electrons. The number of hydrogen-bond acceptors (Lipinski definition) is 6. The number of ether oxygens (including phenoxy) is 1. The highest BCUT2D eigenvalue weighted by molar-refractivity contribution is 5.91. The maximum absolute atomic E-state index is 11.5. The molecule has 0 unspecified atom stereocenters. The van der Waals surface area contributed by atoms with Crippen LogP contribution in [0.15, 0.2) is 6.07 Å². The molecule has 0 aliphatic carbocycles. The summed E-state index contributed by atoms with van der Waals surface area (Å²) in [7, 11) is 0. The van der Waals surface area contributed by atoms with E-state index in [9.17, 15) is 9.90 Å². The van der Waals surface area contributed by atoms with Crippen LogP contribution in [-0.4, -0.2) is 46.3 Å². The summed E-state index contributed by atoms with van der Waals surface area (Å²) in [6, 6.07) is 1.40. The summed E-state index contributed by atoms with van der Waals surface area (Å²) in [4.78, 5) is 22.0. The summed E-state index contributed by atoms with van der Waals surface area (Å²) < 4.78 is 5.47. The first kappa shape index (κ1) is 18.2. The minimum absolute atomic E-state index is 0.0587. The van der Waals surface area contributed by atoms with E-state index in [1.807, 2.05) is 4.90 Å². The number of carbonyl (C=O) groups excluding carboxylic acids is 1. The molecule has 1 amide bonds. The van der Waals surface area contributed by atoms with Crippen molar-refractivity contribution in [3.63, 3.8) is 0 Å². The number of aliphatic hydroxyl groups is 1. The maximum Gasteiger partial charge on any atom is 0.267 e. The number of hydrogen-bond donors (Lipinski definition) is 2. The van der Waals surface area contributed by atoms with Gasteiger partial charge in [-0.1, -0.05) is 13.8 Å². The molecule has 0 spiro atoms. The molecule has 7 nitrogen and oxygen atoms in total. The predicted octanol–water partition coefficient (Wildman–Crippen LogP) is 1.35. The molecule has 0 aliphatic rings. The van der Waals surface area contributed by atoms with Crippen LogP contribution in [0, 0.1) is 0 Å². The van der Waals surface area contributed by atoms with E-state index in [1.165, 1.54) is 6.07 Å². The van der Waals surface area contributed by atoms with E-state index in [2.05, 4.69) is 23.8 Å². The molecular formula is C15H26N4O3. The van der Waals surface area contributed by atoms with Crippen LogP contribution in [0.5, 0.6) is 5.88 Å². The van der Waals surface area contributed by atoms with Gasteiger partial charge in [-0.05, 0) is 26.7 Å². The first-order valence-electron chi connectivity index (χ1n) is 7.55. The van der Waals surface area contributed by atoms with Crippen LogP contribution >= 0.6 is 0 Å². The lowest BCUT2D eigenvalue weighted by Gasteiger charge is -2.23. The Morgan fingerprint density at radius 2 is 1.91 bits per heavy atom. The van der Waals surface area contributed by atoms with Gasteiger partial charge in [-0.2, -0.15) is 4.98 Å². The first-order valence-corrected chi connectivity index (χ1v) is 7.55. The molecule has 0 fully saturated rings. The lowest BCUT2D eigenvalue weighted by Crippen LogP contribution is -2.30. The quantitative estimate of drug-likeness (QED) is 0.714. The molecule has 0 saturated heterocycles. The summed E-state index contributed by atoms with van der Waals surface area (Å²) in [5.41, 5.74) is 4.44. The van der Waals surface area contributed by atoms with Crippen LogP contribution in [0.2, 0.25) is 0 Å². The molecular weight excluding hydrogens is 284 g/mol. The van der Waals surface area contributed by atoms with Crippen molar-refractivity contribution in [3.8, 4) is 5.88 Å². The molecule has 0 bridgehead atoms. The van der Waals surface area contributed by atoms with Crippen molar-refractivity contribution in [1.29, 1.82) is 0 Å². The molecule has 1 heterocycles. The van der Waals surface area contributed by atoms with Crippen LogP contribution < -0.4 is 15.4 Å². The number of anilines is 1. The van der Waals surface area contributed by atoms with Crippen LogP contribution in [-0.2, 0) is 0 Å². The third-order valence-electron chi connectivity index (χ3n) is 2.79. The van der Waals surface area contributed by atoms with Crippen LogP contribution in [0.1, 0.15) is 51.0 Å². The van der Waals surface area contributed by atoms with Crippen molar-refractivity contribution in [1.82, 2.24) is 9.97 Å². The van der Waals surface area contributed by atoms with E-state index < -0.39 is 11.5 Å². The fraction of sp³-hybridized carbons (Fsp3) is 0.667. The molecule has 1 rings (SSSR count). The lowest BCUT2D eigenvalue weighted by atomic mass is 10.2. The Balaban J connectivity index is 3.09. The highest BCUT2D eigenvalue weighted by atomic mass is 16.5. The Hall–Kier alpha value is -1.89. The van der Waals surface area contributed by atoms with Gasteiger partial charge in [0.2, 0.25) is 11.8 Å². The minimum Gasteiger partial charge on any atom is -0.474 e. The van der Waals surface area contributed by atoms with Crippen molar-refractivity contribution in [2.45, 2.75) is 46.1 Å². The largest absolute Gasteiger partial charge is 0.474 e. The number of carbonyl (C=O) groups is 1. The molecule has 7 heteroatoms. The van der Waals surface area contributed by atoms with E-state index in [0.29, 0.717) is 5.95 Å². The zero-order valence-electron chi connectivity index (χ0n) is 13.8. The van der Waals surface area contributed by atoms with E-state index in [0.717, 1.165) is 25.9 Å². The number of amides is 1. The number of rotatable bonds is 9. The first-order chi connectivity index (χ1) is 10.3. The number of nitrogens with two attached hydrogens (primary N) is 1. The van der Waals surface area contributed by atoms with Gasteiger partial charge in [0.15, 0.2) is 0 Å². The minimum atomic E-state index is -0.996. The maximum atomic E-state index is 11.5. The molecule has 1 aromatic rings. The van der Waals surface area contributed by atoms with Crippen LogP contribution in [0.25, 0.3) is 0 Å². The topological polar surface area (TPSA) is 102 Å². The second-order valence-electron chi connectivity index (χ2n) is 5.84. The fourth-order valence-electron chi connectivity index (χ4n) is 1.86. The summed E-state index contributed by atoms with van der Waals surface area (Å²) in [6.45, 7) is 9.00. The average molecular weight is 310 g/mol. The lowest BCUT2D eigenvalue weighted by molar-refractivity contribution is 0.0268. The molecule has 0 saturated carbocycles. The van der Waals surface area contributed by atoms with Gasteiger partial charge in [-0.25, -0.2) is 4.98 Å². The third-order valence-corrected chi connectivity index (χ3v) is 2.79. The van der Waals surface area contributed by atoms with Gasteiger partial charge in [0.05, 0.1) is 5.60 Å². The normalized spacial score (nSPS) is 11.3. The van der Waals surface area contributed by atoms with Crippen molar-refractivity contribution in [2.75, 3.05) is 24.6 Å². The molecule has 22 heavy (non-hydrogen) atoms. The van der Waals surface area contributed by atoms with Crippen molar-refractivity contribution < 1.29 is 14.6 Å². The van der Waals surface area contributed by atoms with Gasteiger partial charge >= 0.3 is 0 Å². The van der Waals surface area contributed by atoms with Crippen LogP contribution in [0.3, 0.4) is 0 Å². The van der Waals surface area contributed by atoms with Gasteiger partial charge < -0.3 is 20.5 Å². The molecule has 3 N–H and O–H groups in total. The summed E-state index contributed by atoms with van der Waals surface area (Å²) in [5, 5.41) is 9.73. The SMILES string of the molecule is CCCN(CCC)c1nc(OCC(C)(C)O)cc(C(N)=O)n1. The Bertz CT molecular complexity index is 494. The van der Waals surface area contributed by atoms with Crippen molar-refractivity contribution in [2.24, 2.45) is 5.73 Å². The zero-order chi connectivity index (χ0) is 16.8. The van der Waals surface area contributed by atoms with E-state index >= 15 is 0 Å². The van der Waals surface area contributed by atoms with Gasteiger partial charge in [0.1, 0.15) is 12.3 Å². The summed E-state index contributed by atoms with van der Waals surface area (Å²) in [5.74, 6) is 0.0218. The Labute approximate surface area is 131 Å². The monoisotopic (exact) mass is 310 g/mol. The Morgan fingerprint density at radius 3 is 2.36 bits per heavy atom. The van der Waals surface area contributed by atoms with Gasteiger partial charge in [-0.15, -0.1) is 0 Å². The molecule has 1 aromatic heterocycles. The molecule has 0 aliphatic heterocycles. The second kappa shape index (κ2) is 7.93. The smallest absolute Gasteiger partial charge is 0.267 e. The Kier molecular flexibility index (Phi) is 6.55. The van der Waals surface area contributed by atoms with E-state index in [4.69, 9.17) is 10.5 Å². The van der Waals surface area contributed by atoms with Crippen molar-refractivity contribution >= 4 is 11.9 Å². The highest BCUT2D eigenvalue weighted by Gasteiger charge is 2.18. The van der Waals surface area contributed by atoms with Crippen molar-refractivity contribution in [3.05, 3.63) is 11.8 Å². The summed E-state index contributed by atoms with van der Waals surface area (Å²) >= 11 is 0. The van der Waals surface area contributed by atoms with Crippen LogP contribution in [0.4, 0.5) is 5.95 Å². The number of primary amides is 1. The molecule has 0 aromatic carbocycles. The number of nitrogens with zero attached hydrogens (tertiary/aromatic N) is 3. The fourth-order valence-corrected chi connectivity index (χ4v) is 1.86. The van der Waals surface area contributed by atoms with E-state index in [-0.39, 0.29) is 18.2 Å². The standard InChI is InChI=1S/C15H26N4O3/c1-5-7-19(8-6-2)14-17-11(13(16)20)9-12(18-14)22-10-15(3,4)21/h9,21H,5-8,10H2,1-4H3,(H2,16,20). The second-order valence-corrected chi connectivity index (χ2v) is 5.84. The van der Waals surface area contributed by atoms with Gasteiger partial charge in [0.25, 0.3) is 5.91 Å².